The molecule has 1 N–H and O–H groups in total. The largest absolute Gasteiger partial charge is 0.490 e. The Bertz CT molecular complexity index is 1060. The summed E-state index contributed by atoms with van der Waals surface area (Å²) in [7, 11) is 1.42. The van der Waals surface area contributed by atoms with Crippen LogP contribution >= 0.6 is 11.6 Å². The van der Waals surface area contributed by atoms with Gasteiger partial charge in [0, 0.05) is 30.1 Å². The van der Waals surface area contributed by atoms with Gasteiger partial charge in [-0.1, -0.05) is 17.7 Å². The average Bonchev–Trinajstić information content (AvgIpc) is 2.98. The van der Waals surface area contributed by atoms with Crippen molar-refractivity contribution in [2.75, 3.05) is 38.3 Å². The van der Waals surface area contributed by atoms with Crippen molar-refractivity contribution < 1.29 is 19.4 Å². The molecule has 34 heavy (non-hydrogen) atoms. The zero-order valence-electron chi connectivity index (χ0n) is 19.9. The van der Waals surface area contributed by atoms with Crippen molar-refractivity contribution in [3.05, 3.63) is 58.1 Å². The average molecular weight is 484 g/mol. The molecule has 2 aromatic carbocycles. The molecule has 2 aliphatic carbocycles. The number of aliphatic hydroxyl groups is 1. The van der Waals surface area contributed by atoms with Crippen molar-refractivity contribution in [3.8, 4) is 5.75 Å². The number of hydrogen-bond acceptors (Lipinski definition) is 5. The number of rotatable bonds is 6. The van der Waals surface area contributed by atoms with Gasteiger partial charge in [-0.15, -0.1) is 0 Å². The van der Waals surface area contributed by atoms with Crippen LogP contribution in [0, 0.1) is 11.8 Å². The summed E-state index contributed by atoms with van der Waals surface area (Å²) >= 11 is 6.35. The molecule has 0 bridgehead atoms. The lowest BCUT2D eigenvalue weighted by Crippen LogP contribution is -2.48. The van der Waals surface area contributed by atoms with Crippen LogP contribution in [0.3, 0.4) is 0 Å². The van der Waals surface area contributed by atoms with Crippen LogP contribution in [0.25, 0.3) is 0 Å². The van der Waals surface area contributed by atoms with Crippen molar-refractivity contribution in [2.24, 2.45) is 11.8 Å². The summed E-state index contributed by atoms with van der Waals surface area (Å²) in [6.07, 6.45) is 7.60. The van der Waals surface area contributed by atoms with Crippen molar-refractivity contribution in [3.63, 3.8) is 0 Å². The van der Waals surface area contributed by atoms with Crippen molar-refractivity contribution in [2.45, 2.75) is 50.4 Å². The maximum Gasteiger partial charge on any atom is 0.337 e. The van der Waals surface area contributed by atoms with Gasteiger partial charge in [-0.3, -0.25) is 0 Å². The van der Waals surface area contributed by atoms with Gasteiger partial charge in [0.15, 0.2) is 0 Å². The first-order valence-corrected chi connectivity index (χ1v) is 12.9. The van der Waals surface area contributed by atoms with E-state index in [4.69, 9.17) is 21.1 Å². The number of ether oxygens (including phenoxy) is 2. The summed E-state index contributed by atoms with van der Waals surface area (Å²) in [5.74, 6) is 1.74. The second-order valence-corrected chi connectivity index (χ2v) is 10.7. The monoisotopic (exact) mass is 483 g/mol. The molecule has 2 aromatic rings. The van der Waals surface area contributed by atoms with E-state index in [1.54, 1.807) is 6.07 Å². The van der Waals surface area contributed by atoms with E-state index in [0.29, 0.717) is 24.0 Å². The van der Waals surface area contributed by atoms with Gasteiger partial charge in [0.05, 0.1) is 25.0 Å². The van der Waals surface area contributed by atoms with Crippen molar-refractivity contribution in [1.82, 2.24) is 0 Å². The number of carbonyl (C=O) groups is 1. The third-order valence-electron chi connectivity index (χ3n) is 8.22. The van der Waals surface area contributed by atoms with Crippen LogP contribution < -0.4 is 9.64 Å². The first kappa shape index (κ1) is 23.5. The summed E-state index contributed by atoms with van der Waals surface area (Å²) in [6.45, 7) is 2.65. The Balaban J connectivity index is 1.51. The normalized spacial score (nSPS) is 25.6. The van der Waals surface area contributed by atoms with Crippen LogP contribution in [0.2, 0.25) is 5.02 Å². The van der Waals surface area contributed by atoms with Gasteiger partial charge < -0.3 is 19.5 Å². The number of carbonyl (C=O) groups excluding carboxylic acids is 1. The van der Waals surface area contributed by atoms with Crippen LogP contribution in [0.4, 0.5) is 5.69 Å². The molecule has 1 fully saturated rings. The number of fused-ring (bicyclic) bond motifs is 3. The number of methoxy groups -OCH3 is 1. The molecule has 0 amide bonds. The predicted octanol–water partition coefficient (Wildman–Crippen LogP) is 5.40. The number of esters is 1. The Hall–Kier alpha value is -2.24. The van der Waals surface area contributed by atoms with E-state index in [1.807, 2.05) is 18.2 Å². The van der Waals surface area contributed by atoms with Gasteiger partial charge in [-0.25, -0.2) is 4.79 Å². The van der Waals surface area contributed by atoms with E-state index in [9.17, 15) is 9.90 Å². The van der Waals surface area contributed by atoms with E-state index in [1.165, 1.54) is 31.1 Å². The lowest BCUT2D eigenvalue weighted by Gasteiger charge is -2.44. The van der Waals surface area contributed by atoms with Gasteiger partial charge in [-0.2, -0.15) is 0 Å². The standard InChI is InChI=1S/C28H34ClNO4/c1-33-27(32)21-8-11-26-25(15-21)30(16-22-7-6-19(22)5-3-13-31)17-28(18-34-26)12-2-4-20-14-23(29)9-10-24(20)28/h8-11,14-15,19,22,31H,2-7,12-13,16-18H2,1H3/t19-,22+,28+/m1/s1. The minimum absolute atomic E-state index is 0.118. The zero-order valence-corrected chi connectivity index (χ0v) is 20.7. The smallest absolute Gasteiger partial charge is 0.337 e. The van der Waals surface area contributed by atoms with Crippen LogP contribution in [0.5, 0.6) is 5.75 Å². The van der Waals surface area contributed by atoms with Crippen LogP contribution in [0.15, 0.2) is 36.4 Å². The Morgan fingerprint density at radius 2 is 2.09 bits per heavy atom. The Kier molecular flexibility index (Phi) is 6.76. The fraction of sp³-hybridized carbons (Fsp3) is 0.536. The lowest BCUT2D eigenvalue weighted by atomic mass is 9.69. The van der Waals surface area contributed by atoms with E-state index in [0.717, 1.165) is 61.7 Å². The highest BCUT2D eigenvalue weighted by Crippen LogP contribution is 2.46. The third-order valence-corrected chi connectivity index (χ3v) is 8.46. The highest BCUT2D eigenvalue weighted by Gasteiger charge is 2.43. The molecule has 5 nitrogen and oxygen atoms in total. The molecule has 6 heteroatoms. The van der Waals surface area contributed by atoms with E-state index in [-0.39, 0.29) is 18.0 Å². The molecule has 1 spiro atoms. The van der Waals surface area contributed by atoms with Crippen molar-refractivity contribution in [1.29, 1.82) is 0 Å². The molecule has 0 aromatic heterocycles. The molecule has 182 valence electrons. The number of aryl methyl sites for hydroxylation is 1. The van der Waals surface area contributed by atoms with E-state index in [2.05, 4.69) is 17.0 Å². The van der Waals surface area contributed by atoms with Gasteiger partial charge >= 0.3 is 5.97 Å². The summed E-state index contributed by atoms with van der Waals surface area (Å²) < 4.78 is 11.5. The summed E-state index contributed by atoms with van der Waals surface area (Å²) in [5, 5.41) is 10.1. The van der Waals surface area contributed by atoms with Gasteiger partial charge in [0.1, 0.15) is 5.75 Å². The van der Waals surface area contributed by atoms with Crippen LogP contribution in [-0.4, -0.2) is 44.5 Å². The number of halogens is 1. The summed E-state index contributed by atoms with van der Waals surface area (Å²) in [4.78, 5) is 14.8. The minimum Gasteiger partial charge on any atom is -0.490 e. The zero-order chi connectivity index (χ0) is 23.7. The van der Waals surface area contributed by atoms with E-state index >= 15 is 0 Å². The molecule has 0 saturated heterocycles. The molecule has 1 heterocycles. The topological polar surface area (TPSA) is 59.0 Å². The molecule has 3 aliphatic rings. The quantitative estimate of drug-likeness (QED) is 0.557. The van der Waals surface area contributed by atoms with Gasteiger partial charge in [-0.05, 0) is 98.2 Å². The van der Waals surface area contributed by atoms with Gasteiger partial charge in [0.25, 0.3) is 0 Å². The van der Waals surface area contributed by atoms with Crippen LogP contribution in [0.1, 0.15) is 60.0 Å². The Morgan fingerprint density at radius 1 is 1.24 bits per heavy atom. The molecular weight excluding hydrogens is 450 g/mol. The summed E-state index contributed by atoms with van der Waals surface area (Å²) in [5.41, 5.74) is 4.08. The predicted molar refractivity (Wildman–Crippen MR) is 134 cm³/mol. The fourth-order valence-electron chi connectivity index (χ4n) is 6.25. The molecule has 5 rings (SSSR count). The molecule has 3 atom stereocenters. The SMILES string of the molecule is COC(=O)c1ccc2c(c1)N(C[C@@H]1CC[C@H]1CCCO)C[C@@]1(CCCc3cc(Cl)ccc31)CO2. The van der Waals surface area contributed by atoms with E-state index < -0.39 is 0 Å². The number of nitrogens with zero attached hydrogens (tertiary/aromatic N) is 1. The Labute approximate surface area is 207 Å². The third kappa shape index (κ3) is 4.40. The van der Waals surface area contributed by atoms with Crippen molar-refractivity contribution >= 4 is 23.3 Å². The molecule has 0 unspecified atom stereocenters. The Morgan fingerprint density at radius 3 is 2.85 bits per heavy atom. The fourth-order valence-corrected chi connectivity index (χ4v) is 6.45. The molecular formula is C28H34ClNO4. The first-order chi connectivity index (χ1) is 16.5. The highest BCUT2D eigenvalue weighted by molar-refractivity contribution is 6.30. The molecule has 0 radical (unpaired) electrons. The number of hydrogen-bond donors (Lipinski definition) is 1. The minimum atomic E-state index is -0.330. The maximum absolute atomic E-state index is 12.3. The lowest BCUT2D eigenvalue weighted by molar-refractivity contribution is 0.0600. The highest BCUT2D eigenvalue weighted by atomic mass is 35.5. The molecule has 1 aliphatic heterocycles. The van der Waals surface area contributed by atoms with Crippen LogP contribution in [-0.2, 0) is 16.6 Å². The molecule has 1 saturated carbocycles. The van der Waals surface area contributed by atoms with Gasteiger partial charge in [0.2, 0.25) is 0 Å². The number of aliphatic hydroxyl groups excluding tert-OH is 1. The maximum atomic E-state index is 12.3. The second kappa shape index (κ2) is 9.79. The second-order valence-electron chi connectivity index (χ2n) is 10.2. The number of benzene rings is 2. The summed E-state index contributed by atoms with van der Waals surface area (Å²) in [6, 6.07) is 12.0. The number of anilines is 1. The first-order valence-electron chi connectivity index (χ1n) is 12.5.